The number of carbonyl (C=O) groups excluding carboxylic acids is 1. The maximum Gasteiger partial charge on any atom is 0.275 e. The van der Waals surface area contributed by atoms with Gasteiger partial charge in [-0.3, -0.25) is 14.3 Å². The van der Waals surface area contributed by atoms with Crippen LogP contribution in [0, 0.1) is 6.92 Å². The number of nitrogens with zero attached hydrogens (tertiary/aromatic N) is 4. The van der Waals surface area contributed by atoms with Crippen molar-refractivity contribution in [2.24, 2.45) is 0 Å². The zero-order valence-corrected chi connectivity index (χ0v) is 18.3. The van der Waals surface area contributed by atoms with Gasteiger partial charge >= 0.3 is 0 Å². The Labute approximate surface area is 177 Å². The predicted octanol–water partition coefficient (Wildman–Crippen LogP) is 3.22. The van der Waals surface area contributed by atoms with E-state index in [1.54, 1.807) is 4.68 Å². The number of rotatable bonds is 3. The van der Waals surface area contributed by atoms with Gasteiger partial charge in [-0.05, 0) is 52.0 Å². The van der Waals surface area contributed by atoms with E-state index in [9.17, 15) is 9.59 Å². The molecule has 3 aromatic rings. The Morgan fingerprint density at radius 3 is 2.27 bits per heavy atom. The second-order valence-corrected chi connectivity index (χ2v) is 9.07. The van der Waals surface area contributed by atoms with Gasteiger partial charge in [0.25, 0.3) is 5.56 Å². The van der Waals surface area contributed by atoms with E-state index in [0.29, 0.717) is 18.5 Å². The fraction of sp³-hybridized carbons (Fsp3) is 0.417. The van der Waals surface area contributed by atoms with Crippen molar-refractivity contribution in [1.82, 2.24) is 14.3 Å². The Morgan fingerprint density at radius 1 is 0.967 bits per heavy atom. The summed E-state index contributed by atoms with van der Waals surface area (Å²) < 4.78 is 3.60. The Kier molecular flexibility index (Phi) is 5.18. The lowest BCUT2D eigenvalue weighted by atomic mass is 10.1. The van der Waals surface area contributed by atoms with Crippen LogP contribution in [0.5, 0.6) is 0 Å². The molecule has 0 bridgehead atoms. The molecule has 1 fully saturated rings. The van der Waals surface area contributed by atoms with E-state index in [4.69, 9.17) is 0 Å². The van der Waals surface area contributed by atoms with Crippen molar-refractivity contribution in [2.45, 2.75) is 39.8 Å². The molecule has 2 aromatic carbocycles. The zero-order chi connectivity index (χ0) is 21.5. The van der Waals surface area contributed by atoms with Crippen LogP contribution in [-0.2, 0) is 16.9 Å². The van der Waals surface area contributed by atoms with Gasteiger partial charge in [0, 0.05) is 31.9 Å². The maximum atomic E-state index is 13.2. The highest BCUT2D eigenvalue weighted by Gasteiger charge is 2.27. The number of fused-ring (bicyclic) bond motifs is 1. The molecule has 1 amide bonds. The van der Waals surface area contributed by atoms with Gasteiger partial charge in [-0.15, -0.1) is 0 Å². The van der Waals surface area contributed by atoms with Crippen LogP contribution in [0.1, 0.15) is 26.3 Å². The van der Waals surface area contributed by atoms with E-state index in [1.165, 1.54) is 5.69 Å². The molecular formula is C24H30N4O2. The fourth-order valence-corrected chi connectivity index (χ4v) is 4.28. The standard InChI is InChI=1S/C24H30N4O2/c1-18-10-11-21-20(16-18)23(30)28(24(2,3)4)27(21)17-22(29)26-14-12-25(13-15-26)19-8-6-5-7-9-19/h5-11,16H,12-15,17H2,1-4H3. The molecule has 1 aliphatic heterocycles. The number of anilines is 1. The number of aryl methyl sites for hydroxylation is 1. The van der Waals surface area contributed by atoms with Crippen LogP contribution >= 0.6 is 0 Å². The molecule has 0 radical (unpaired) electrons. The third-order valence-corrected chi connectivity index (χ3v) is 5.77. The summed E-state index contributed by atoms with van der Waals surface area (Å²) in [5.74, 6) is 0.0539. The van der Waals surface area contributed by atoms with Crippen molar-refractivity contribution in [3.05, 3.63) is 64.4 Å². The van der Waals surface area contributed by atoms with E-state index in [2.05, 4.69) is 17.0 Å². The van der Waals surface area contributed by atoms with Gasteiger partial charge < -0.3 is 9.80 Å². The van der Waals surface area contributed by atoms with E-state index in [-0.39, 0.29) is 18.0 Å². The first kappa shape index (κ1) is 20.3. The Bertz CT molecular complexity index is 1110. The Morgan fingerprint density at radius 2 is 1.63 bits per heavy atom. The van der Waals surface area contributed by atoms with Gasteiger partial charge in [0.2, 0.25) is 5.91 Å². The van der Waals surface area contributed by atoms with Crippen molar-refractivity contribution in [1.29, 1.82) is 0 Å². The summed E-state index contributed by atoms with van der Waals surface area (Å²) >= 11 is 0. The molecule has 0 saturated carbocycles. The molecule has 0 N–H and O–H groups in total. The highest BCUT2D eigenvalue weighted by Crippen LogP contribution is 2.21. The number of aromatic nitrogens is 2. The molecule has 1 aromatic heterocycles. The number of carbonyl (C=O) groups is 1. The minimum absolute atomic E-state index is 0.0390. The summed E-state index contributed by atoms with van der Waals surface area (Å²) in [6.07, 6.45) is 0. The van der Waals surface area contributed by atoms with Crippen molar-refractivity contribution >= 4 is 22.5 Å². The number of amides is 1. The molecule has 0 atom stereocenters. The Hall–Kier alpha value is -3.02. The SMILES string of the molecule is Cc1ccc2c(c1)c(=O)n(C(C)(C)C)n2CC(=O)N1CCN(c2ccccc2)CC1. The number of piperazine rings is 1. The van der Waals surface area contributed by atoms with Crippen LogP contribution in [0.4, 0.5) is 5.69 Å². The molecule has 0 unspecified atom stereocenters. The summed E-state index contributed by atoms with van der Waals surface area (Å²) in [5.41, 5.74) is 2.59. The maximum absolute atomic E-state index is 13.2. The minimum atomic E-state index is -0.420. The number of para-hydroxylation sites is 1. The topological polar surface area (TPSA) is 50.5 Å². The third kappa shape index (κ3) is 3.74. The molecule has 6 nitrogen and oxygen atoms in total. The number of benzene rings is 2. The highest BCUT2D eigenvalue weighted by atomic mass is 16.2. The van der Waals surface area contributed by atoms with Crippen LogP contribution in [-0.4, -0.2) is 46.3 Å². The largest absolute Gasteiger partial charge is 0.368 e. The average Bonchev–Trinajstić information content (AvgIpc) is 3.00. The predicted molar refractivity (Wildman–Crippen MR) is 121 cm³/mol. The van der Waals surface area contributed by atoms with Crippen molar-refractivity contribution in [2.75, 3.05) is 31.1 Å². The summed E-state index contributed by atoms with van der Waals surface area (Å²) in [7, 11) is 0. The summed E-state index contributed by atoms with van der Waals surface area (Å²) in [6, 6.07) is 16.2. The molecule has 6 heteroatoms. The van der Waals surface area contributed by atoms with Crippen molar-refractivity contribution in [3.8, 4) is 0 Å². The summed E-state index contributed by atoms with van der Waals surface area (Å²) in [4.78, 5) is 30.5. The van der Waals surface area contributed by atoms with Crippen LogP contribution < -0.4 is 10.5 Å². The molecular weight excluding hydrogens is 376 g/mol. The van der Waals surface area contributed by atoms with Gasteiger partial charge in [0.05, 0.1) is 16.4 Å². The number of hydrogen-bond donors (Lipinski definition) is 0. The zero-order valence-electron chi connectivity index (χ0n) is 18.3. The van der Waals surface area contributed by atoms with Gasteiger partial charge in [-0.1, -0.05) is 29.8 Å². The molecule has 0 spiro atoms. The normalized spacial score (nSPS) is 15.1. The third-order valence-electron chi connectivity index (χ3n) is 5.77. The van der Waals surface area contributed by atoms with Crippen LogP contribution in [0.15, 0.2) is 53.3 Å². The second kappa shape index (κ2) is 7.67. The lowest BCUT2D eigenvalue weighted by Gasteiger charge is -2.36. The van der Waals surface area contributed by atoms with Gasteiger partial charge in [-0.2, -0.15) is 0 Å². The lowest BCUT2D eigenvalue weighted by molar-refractivity contribution is -0.132. The molecule has 0 aliphatic carbocycles. The lowest BCUT2D eigenvalue weighted by Crippen LogP contribution is -2.50. The number of hydrogen-bond acceptors (Lipinski definition) is 3. The Balaban J connectivity index is 1.57. The van der Waals surface area contributed by atoms with E-state index in [0.717, 1.165) is 24.2 Å². The van der Waals surface area contributed by atoms with Crippen molar-refractivity contribution < 1.29 is 4.79 Å². The van der Waals surface area contributed by atoms with E-state index in [1.807, 2.05) is 73.7 Å². The van der Waals surface area contributed by atoms with Crippen molar-refractivity contribution in [3.63, 3.8) is 0 Å². The van der Waals surface area contributed by atoms with Crippen LogP contribution in [0.3, 0.4) is 0 Å². The molecule has 2 heterocycles. The molecule has 1 saturated heterocycles. The quantitative estimate of drug-likeness (QED) is 0.671. The van der Waals surface area contributed by atoms with E-state index >= 15 is 0 Å². The first-order chi connectivity index (χ1) is 14.3. The van der Waals surface area contributed by atoms with Crippen LogP contribution in [0.2, 0.25) is 0 Å². The molecule has 4 rings (SSSR count). The van der Waals surface area contributed by atoms with Gasteiger partial charge in [0.1, 0.15) is 6.54 Å². The van der Waals surface area contributed by atoms with Crippen LogP contribution in [0.25, 0.3) is 10.9 Å². The minimum Gasteiger partial charge on any atom is -0.368 e. The fourth-order valence-electron chi connectivity index (χ4n) is 4.28. The smallest absolute Gasteiger partial charge is 0.275 e. The molecule has 158 valence electrons. The highest BCUT2D eigenvalue weighted by molar-refractivity contribution is 5.83. The summed E-state index contributed by atoms with van der Waals surface area (Å²) in [5, 5.41) is 0.673. The molecule has 1 aliphatic rings. The second-order valence-electron chi connectivity index (χ2n) is 9.07. The van der Waals surface area contributed by atoms with Gasteiger partial charge in [-0.25, -0.2) is 4.68 Å². The average molecular weight is 407 g/mol. The van der Waals surface area contributed by atoms with E-state index < -0.39 is 5.54 Å². The van der Waals surface area contributed by atoms with Gasteiger partial charge in [0.15, 0.2) is 0 Å². The first-order valence-corrected chi connectivity index (χ1v) is 10.6. The first-order valence-electron chi connectivity index (χ1n) is 10.6. The summed E-state index contributed by atoms with van der Waals surface area (Å²) in [6.45, 7) is 11.1. The molecule has 30 heavy (non-hydrogen) atoms. The monoisotopic (exact) mass is 406 g/mol.